The second-order valence-electron chi connectivity index (χ2n) is 5.93. The van der Waals surface area contributed by atoms with Crippen molar-refractivity contribution in [3.05, 3.63) is 70.8 Å². The van der Waals surface area contributed by atoms with Crippen molar-refractivity contribution in [1.29, 1.82) is 0 Å². The molecule has 0 radical (unpaired) electrons. The van der Waals surface area contributed by atoms with Crippen molar-refractivity contribution in [1.82, 2.24) is 5.32 Å². The number of thiophene rings is 1. The van der Waals surface area contributed by atoms with E-state index in [-0.39, 0.29) is 19.1 Å². The van der Waals surface area contributed by atoms with Gasteiger partial charge in [0.05, 0.1) is 19.1 Å². The number of ether oxygens (including phenoxy) is 2. The normalized spacial score (nSPS) is 18.1. The number of nitrogens with one attached hydrogen (secondary N) is 1. The molecule has 1 amide bonds. The third-order valence-electron chi connectivity index (χ3n) is 4.25. The molecule has 3 aromatic rings. The Bertz CT molecular complexity index is 841. The van der Waals surface area contributed by atoms with E-state index in [1.807, 2.05) is 29.6 Å². The van der Waals surface area contributed by atoms with Gasteiger partial charge in [-0.1, -0.05) is 18.2 Å². The fraction of sp³-hybridized carbons (Fsp3) is 0.211. The highest BCUT2D eigenvalue weighted by molar-refractivity contribution is 7.10. The molecule has 1 aliphatic rings. The summed E-state index contributed by atoms with van der Waals surface area (Å²) in [4.78, 5) is 13.3. The zero-order chi connectivity index (χ0) is 18.0. The molecule has 26 heavy (non-hydrogen) atoms. The Morgan fingerprint density at radius 3 is 2.81 bits per heavy atom. The maximum absolute atomic E-state index is 12.5. The highest BCUT2D eigenvalue weighted by atomic mass is 32.1. The predicted octanol–water partition coefficient (Wildman–Crippen LogP) is 2.53. The van der Waals surface area contributed by atoms with E-state index in [2.05, 4.69) is 5.32 Å². The van der Waals surface area contributed by atoms with Crippen molar-refractivity contribution >= 4 is 17.2 Å². The molecule has 7 heteroatoms. The van der Waals surface area contributed by atoms with Gasteiger partial charge in [0.1, 0.15) is 12.2 Å². The smallest absolute Gasteiger partial charge is 0.264 e. The SMILES string of the molecule is O=C(NC[C@](O)(c1ccoc1)c1cccs1)[C@H]1COc2ccccc2O1. The molecule has 0 spiro atoms. The van der Waals surface area contributed by atoms with Crippen LogP contribution in [0.1, 0.15) is 10.4 Å². The Balaban J connectivity index is 1.48. The first-order valence-electron chi connectivity index (χ1n) is 8.12. The lowest BCUT2D eigenvalue weighted by atomic mass is 9.94. The number of carbonyl (C=O) groups is 1. The molecular formula is C19H17NO5S. The highest BCUT2D eigenvalue weighted by Gasteiger charge is 2.36. The Kier molecular flexibility index (Phi) is 4.40. The van der Waals surface area contributed by atoms with E-state index in [1.54, 1.807) is 18.2 Å². The largest absolute Gasteiger partial charge is 0.485 e. The topological polar surface area (TPSA) is 80.9 Å². The van der Waals surface area contributed by atoms with Gasteiger partial charge in [0.25, 0.3) is 5.91 Å². The summed E-state index contributed by atoms with van der Waals surface area (Å²) in [6.45, 7) is 0.110. The minimum atomic E-state index is -1.37. The Labute approximate surface area is 154 Å². The number of benzene rings is 1. The molecule has 0 fully saturated rings. The molecule has 2 aromatic heterocycles. The molecule has 134 valence electrons. The summed E-state index contributed by atoms with van der Waals surface area (Å²) in [7, 11) is 0. The first-order chi connectivity index (χ1) is 12.7. The molecule has 6 nitrogen and oxygen atoms in total. The lowest BCUT2D eigenvalue weighted by Gasteiger charge is -2.29. The van der Waals surface area contributed by atoms with Crippen LogP contribution in [0.2, 0.25) is 0 Å². The summed E-state index contributed by atoms with van der Waals surface area (Å²) in [5, 5.41) is 15.8. The Morgan fingerprint density at radius 1 is 1.23 bits per heavy atom. The Morgan fingerprint density at radius 2 is 2.08 bits per heavy atom. The number of hydrogen-bond acceptors (Lipinski definition) is 6. The molecule has 2 atom stereocenters. The molecule has 3 heterocycles. The predicted molar refractivity (Wildman–Crippen MR) is 95.4 cm³/mol. The van der Waals surface area contributed by atoms with Gasteiger partial charge >= 0.3 is 0 Å². The second-order valence-corrected chi connectivity index (χ2v) is 6.88. The lowest BCUT2D eigenvalue weighted by Crippen LogP contribution is -2.48. The van der Waals surface area contributed by atoms with Gasteiger partial charge in [-0.05, 0) is 29.6 Å². The number of hydrogen-bond donors (Lipinski definition) is 2. The highest BCUT2D eigenvalue weighted by Crippen LogP contribution is 2.33. The van der Waals surface area contributed by atoms with Crippen LogP contribution in [0.15, 0.2) is 64.8 Å². The third kappa shape index (κ3) is 3.07. The monoisotopic (exact) mass is 371 g/mol. The standard InChI is InChI=1S/C19H17NO5S/c21-18(16-11-24-14-4-1-2-5-15(14)25-16)20-12-19(22,13-7-8-23-10-13)17-6-3-9-26-17/h1-10,16,22H,11-12H2,(H,20,21)/t16-,19+/m1/s1. The van der Waals surface area contributed by atoms with Gasteiger partial charge in [-0.2, -0.15) is 0 Å². The number of furan rings is 1. The Hall–Kier alpha value is -2.77. The maximum atomic E-state index is 12.5. The van der Waals surface area contributed by atoms with Crippen LogP contribution in [0.25, 0.3) is 0 Å². The molecule has 0 bridgehead atoms. The maximum Gasteiger partial charge on any atom is 0.264 e. The average Bonchev–Trinajstić information content (AvgIpc) is 3.39. The van der Waals surface area contributed by atoms with Crippen molar-refractivity contribution < 1.29 is 23.8 Å². The van der Waals surface area contributed by atoms with E-state index in [9.17, 15) is 9.90 Å². The fourth-order valence-electron chi connectivity index (χ4n) is 2.82. The minimum Gasteiger partial charge on any atom is -0.485 e. The van der Waals surface area contributed by atoms with E-state index in [0.717, 1.165) is 0 Å². The van der Waals surface area contributed by atoms with E-state index in [4.69, 9.17) is 13.9 Å². The van der Waals surface area contributed by atoms with E-state index >= 15 is 0 Å². The van der Waals surface area contributed by atoms with E-state index < -0.39 is 11.7 Å². The van der Waals surface area contributed by atoms with Crippen LogP contribution in [-0.4, -0.2) is 30.3 Å². The van der Waals surface area contributed by atoms with Crippen LogP contribution in [-0.2, 0) is 10.4 Å². The van der Waals surface area contributed by atoms with Crippen LogP contribution in [0.5, 0.6) is 11.5 Å². The van der Waals surface area contributed by atoms with Crippen LogP contribution in [0, 0.1) is 0 Å². The summed E-state index contributed by atoms with van der Waals surface area (Å²) in [6.07, 6.45) is 2.19. The number of rotatable bonds is 5. The lowest BCUT2D eigenvalue weighted by molar-refractivity contribution is -0.131. The first kappa shape index (κ1) is 16.7. The van der Waals surface area contributed by atoms with Crippen molar-refractivity contribution in [3.63, 3.8) is 0 Å². The number of carbonyl (C=O) groups excluding carboxylic acids is 1. The number of para-hydroxylation sites is 2. The van der Waals surface area contributed by atoms with E-state index in [1.165, 1.54) is 23.9 Å². The number of fused-ring (bicyclic) bond motifs is 1. The van der Waals surface area contributed by atoms with Gasteiger partial charge in [-0.3, -0.25) is 4.79 Å². The molecular weight excluding hydrogens is 354 g/mol. The minimum absolute atomic E-state index is 0.00656. The van der Waals surface area contributed by atoms with E-state index in [0.29, 0.717) is 21.9 Å². The molecule has 2 N–H and O–H groups in total. The summed E-state index contributed by atoms with van der Waals surface area (Å²) in [5.41, 5.74) is -0.795. The van der Waals surface area contributed by atoms with Crippen molar-refractivity contribution in [2.24, 2.45) is 0 Å². The number of aliphatic hydroxyl groups is 1. The van der Waals surface area contributed by atoms with Crippen LogP contribution in [0.4, 0.5) is 0 Å². The quantitative estimate of drug-likeness (QED) is 0.720. The van der Waals surface area contributed by atoms with Gasteiger partial charge < -0.3 is 24.3 Å². The zero-order valence-electron chi connectivity index (χ0n) is 13.8. The first-order valence-corrected chi connectivity index (χ1v) is 9.00. The number of amides is 1. The third-order valence-corrected chi connectivity index (χ3v) is 5.27. The molecule has 0 saturated heterocycles. The van der Waals surface area contributed by atoms with Gasteiger partial charge in [-0.15, -0.1) is 11.3 Å². The molecule has 1 aromatic carbocycles. The summed E-state index contributed by atoms with van der Waals surface area (Å²) < 4.78 is 16.4. The average molecular weight is 371 g/mol. The van der Waals surface area contributed by atoms with Crippen molar-refractivity contribution in [2.45, 2.75) is 11.7 Å². The molecule has 0 aliphatic carbocycles. The summed E-state index contributed by atoms with van der Waals surface area (Å²) in [5.74, 6) is 0.797. The molecule has 4 rings (SSSR count). The van der Waals surface area contributed by atoms with Gasteiger partial charge in [0.2, 0.25) is 6.10 Å². The molecule has 0 unspecified atom stereocenters. The van der Waals surface area contributed by atoms with Gasteiger partial charge in [-0.25, -0.2) is 0 Å². The van der Waals surface area contributed by atoms with Gasteiger partial charge in [0, 0.05) is 10.4 Å². The summed E-state index contributed by atoms with van der Waals surface area (Å²) >= 11 is 1.41. The van der Waals surface area contributed by atoms with Crippen LogP contribution >= 0.6 is 11.3 Å². The van der Waals surface area contributed by atoms with Gasteiger partial charge in [0.15, 0.2) is 11.5 Å². The van der Waals surface area contributed by atoms with Crippen LogP contribution < -0.4 is 14.8 Å². The van der Waals surface area contributed by atoms with Crippen molar-refractivity contribution in [2.75, 3.05) is 13.2 Å². The molecule has 1 aliphatic heterocycles. The molecule has 0 saturated carbocycles. The second kappa shape index (κ2) is 6.86. The zero-order valence-corrected chi connectivity index (χ0v) is 14.6. The summed E-state index contributed by atoms with van der Waals surface area (Å²) in [6, 6.07) is 12.6. The van der Waals surface area contributed by atoms with Crippen LogP contribution in [0.3, 0.4) is 0 Å². The fourth-order valence-corrected chi connectivity index (χ4v) is 3.67. The van der Waals surface area contributed by atoms with Crippen molar-refractivity contribution in [3.8, 4) is 11.5 Å².